The van der Waals surface area contributed by atoms with Gasteiger partial charge in [-0.2, -0.15) is 5.10 Å². The van der Waals surface area contributed by atoms with Gasteiger partial charge in [0.15, 0.2) is 0 Å². The molecule has 1 fully saturated rings. The van der Waals surface area contributed by atoms with Crippen LogP contribution in [0, 0.1) is 6.92 Å². The topological polar surface area (TPSA) is 60.1 Å². The highest BCUT2D eigenvalue weighted by molar-refractivity contribution is 7.20. The molecule has 3 aromatic heterocycles. The highest BCUT2D eigenvalue weighted by Gasteiger charge is 2.21. The van der Waals surface area contributed by atoms with Gasteiger partial charge in [-0.3, -0.25) is 9.59 Å². The Morgan fingerprint density at radius 3 is 2.79 bits per heavy atom. The molecule has 0 saturated carbocycles. The Morgan fingerprint density at radius 2 is 2.08 bits per heavy atom. The summed E-state index contributed by atoms with van der Waals surface area (Å²) < 4.78 is 4.45. The Labute approximate surface area is 143 Å². The van der Waals surface area contributed by atoms with E-state index in [1.54, 1.807) is 17.5 Å². The van der Waals surface area contributed by atoms with Crippen LogP contribution in [0.4, 0.5) is 0 Å². The van der Waals surface area contributed by atoms with Crippen molar-refractivity contribution in [3.8, 4) is 0 Å². The van der Waals surface area contributed by atoms with Gasteiger partial charge in [0.1, 0.15) is 12.1 Å². The molecular formula is C17H20N4O2S. The average molecular weight is 344 g/mol. The van der Waals surface area contributed by atoms with Gasteiger partial charge in [0, 0.05) is 29.9 Å². The van der Waals surface area contributed by atoms with Gasteiger partial charge >= 0.3 is 0 Å². The predicted octanol–water partition coefficient (Wildman–Crippen LogP) is 2.36. The molecule has 0 N–H and O–H groups in total. The Morgan fingerprint density at radius 1 is 1.33 bits per heavy atom. The molecule has 0 aromatic carbocycles. The lowest BCUT2D eigenvalue weighted by atomic mass is 10.3. The van der Waals surface area contributed by atoms with Crippen molar-refractivity contribution < 1.29 is 4.79 Å². The number of fused-ring (bicyclic) bond motifs is 3. The molecule has 1 aliphatic heterocycles. The fourth-order valence-corrected chi connectivity index (χ4v) is 4.58. The average Bonchev–Trinajstić information content (AvgIpc) is 3.25. The lowest BCUT2D eigenvalue weighted by Gasteiger charge is -2.15. The molecule has 1 saturated heterocycles. The number of carbonyl (C=O) groups excluding carboxylic acids is 1. The zero-order chi connectivity index (χ0) is 16.8. The largest absolute Gasteiger partial charge is 0.341 e. The quantitative estimate of drug-likeness (QED) is 0.733. The summed E-state index contributed by atoms with van der Waals surface area (Å²) in [7, 11) is 0. The predicted molar refractivity (Wildman–Crippen MR) is 95.6 cm³/mol. The third-order valence-corrected chi connectivity index (χ3v) is 5.79. The Balaban J connectivity index is 1.82. The van der Waals surface area contributed by atoms with Crippen LogP contribution in [-0.4, -0.2) is 38.2 Å². The summed E-state index contributed by atoms with van der Waals surface area (Å²) in [5.41, 5.74) is 1.56. The van der Waals surface area contributed by atoms with Crippen LogP contribution < -0.4 is 5.56 Å². The normalized spacial score (nSPS) is 15.0. The number of amides is 1. The maximum Gasteiger partial charge on any atom is 0.291 e. The first-order valence-corrected chi connectivity index (χ1v) is 9.18. The number of likely N-dealkylation sites (tertiary alicyclic amines) is 1. The molecule has 1 amide bonds. The third kappa shape index (κ3) is 2.26. The minimum absolute atomic E-state index is 0.0197. The van der Waals surface area contributed by atoms with Crippen molar-refractivity contribution in [2.75, 3.05) is 13.1 Å². The molecule has 0 spiro atoms. The molecule has 4 rings (SSSR count). The molecule has 3 aromatic rings. The summed E-state index contributed by atoms with van der Waals surface area (Å²) in [6, 6.07) is 2.11. The number of aryl methyl sites for hydroxylation is 2. The van der Waals surface area contributed by atoms with Gasteiger partial charge < -0.3 is 9.47 Å². The molecule has 0 aliphatic carbocycles. The second-order valence-corrected chi connectivity index (χ2v) is 7.53. The van der Waals surface area contributed by atoms with Crippen molar-refractivity contribution >= 4 is 38.4 Å². The van der Waals surface area contributed by atoms with E-state index in [2.05, 4.69) is 18.1 Å². The Hall–Kier alpha value is -2.15. The van der Waals surface area contributed by atoms with Crippen molar-refractivity contribution in [1.29, 1.82) is 0 Å². The van der Waals surface area contributed by atoms with Crippen molar-refractivity contribution in [2.45, 2.75) is 39.8 Å². The maximum absolute atomic E-state index is 12.9. The first kappa shape index (κ1) is 15.4. The van der Waals surface area contributed by atoms with Crippen molar-refractivity contribution in [2.24, 2.45) is 0 Å². The number of carbonyl (C=O) groups is 1. The van der Waals surface area contributed by atoms with Crippen LogP contribution in [0.25, 0.3) is 21.1 Å². The number of nitrogens with zero attached hydrogens (tertiary/aromatic N) is 4. The Bertz CT molecular complexity index is 992. The number of rotatable bonds is 3. The molecule has 126 valence electrons. The summed E-state index contributed by atoms with van der Waals surface area (Å²) in [5.74, 6) is -0.0197. The van der Waals surface area contributed by atoms with E-state index < -0.39 is 0 Å². The van der Waals surface area contributed by atoms with Gasteiger partial charge in [-0.1, -0.05) is 0 Å². The van der Waals surface area contributed by atoms with Gasteiger partial charge in [0.2, 0.25) is 5.91 Å². The molecule has 0 atom stereocenters. The number of hydrogen-bond donors (Lipinski definition) is 0. The minimum Gasteiger partial charge on any atom is -0.341 e. The monoisotopic (exact) mass is 344 g/mol. The Kier molecular flexibility index (Phi) is 3.68. The van der Waals surface area contributed by atoms with E-state index in [0.717, 1.165) is 48.1 Å². The molecule has 0 bridgehead atoms. The van der Waals surface area contributed by atoms with E-state index >= 15 is 0 Å². The second-order valence-electron chi connectivity index (χ2n) is 6.27. The van der Waals surface area contributed by atoms with E-state index in [-0.39, 0.29) is 18.0 Å². The summed E-state index contributed by atoms with van der Waals surface area (Å²) in [4.78, 5) is 28.3. The molecule has 0 unspecified atom stereocenters. The first-order valence-electron chi connectivity index (χ1n) is 8.36. The maximum atomic E-state index is 12.9. The molecular weight excluding hydrogens is 324 g/mol. The summed E-state index contributed by atoms with van der Waals surface area (Å²) in [6.45, 7) is 6.42. The van der Waals surface area contributed by atoms with E-state index in [1.165, 1.54) is 9.56 Å². The minimum atomic E-state index is -0.178. The fourth-order valence-electron chi connectivity index (χ4n) is 3.56. The molecule has 1 aliphatic rings. The van der Waals surface area contributed by atoms with Crippen LogP contribution in [0.15, 0.2) is 17.1 Å². The van der Waals surface area contributed by atoms with Crippen molar-refractivity contribution in [1.82, 2.24) is 19.2 Å². The standard InChI is InChI=1S/C17H20N4O2S/c1-3-20-13-8-11(2)24-16(13)12-9-18-21(17(23)15(12)20)10-14(22)19-6-4-5-7-19/h8-9H,3-7,10H2,1-2H3. The van der Waals surface area contributed by atoms with Gasteiger partial charge in [-0.15, -0.1) is 11.3 Å². The van der Waals surface area contributed by atoms with Gasteiger partial charge in [-0.05, 0) is 32.8 Å². The fraction of sp³-hybridized carbons (Fsp3) is 0.471. The molecule has 4 heterocycles. The van der Waals surface area contributed by atoms with Crippen molar-refractivity contribution in [3.63, 3.8) is 0 Å². The number of hydrogen-bond acceptors (Lipinski definition) is 4. The van der Waals surface area contributed by atoms with E-state index in [0.29, 0.717) is 5.52 Å². The summed E-state index contributed by atoms with van der Waals surface area (Å²) in [5, 5.41) is 5.16. The van der Waals surface area contributed by atoms with Crippen LogP contribution >= 0.6 is 11.3 Å². The highest BCUT2D eigenvalue weighted by Crippen LogP contribution is 2.33. The van der Waals surface area contributed by atoms with Gasteiger partial charge in [0.25, 0.3) is 5.56 Å². The van der Waals surface area contributed by atoms with Gasteiger partial charge in [-0.25, -0.2) is 4.68 Å². The molecule has 7 heteroatoms. The second kappa shape index (κ2) is 5.73. The van der Waals surface area contributed by atoms with Crippen LogP contribution in [0.3, 0.4) is 0 Å². The first-order chi connectivity index (χ1) is 11.6. The van der Waals surface area contributed by atoms with Gasteiger partial charge in [0.05, 0.1) is 16.4 Å². The van der Waals surface area contributed by atoms with Crippen molar-refractivity contribution in [3.05, 3.63) is 27.5 Å². The SMILES string of the molecule is CCn1c2cc(C)sc2c2cnn(CC(=O)N3CCCC3)c(=O)c21. The summed E-state index contributed by atoms with van der Waals surface area (Å²) in [6.07, 6.45) is 3.82. The third-order valence-electron chi connectivity index (χ3n) is 4.72. The lowest BCUT2D eigenvalue weighted by molar-refractivity contribution is -0.131. The van der Waals surface area contributed by atoms with Crippen LogP contribution in [-0.2, 0) is 17.9 Å². The number of thiophene rings is 1. The van der Waals surface area contributed by atoms with E-state index in [1.807, 2.05) is 16.4 Å². The summed E-state index contributed by atoms with van der Waals surface area (Å²) >= 11 is 1.68. The zero-order valence-electron chi connectivity index (χ0n) is 13.9. The lowest BCUT2D eigenvalue weighted by Crippen LogP contribution is -2.35. The smallest absolute Gasteiger partial charge is 0.291 e. The van der Waals surface area contributed by atoms with Crippen LogP contribution in [0.2, 0.25) is 0 Å². The van der Waals surface area contributed by atoms with E-state index in [9.17, 15) is 9.59 Å². The van der Waals surface area contributed by atoms with Crippen LogP contribution in [0.1, 0.15) is 24.6 Å². The van der Waals surface area contributed by atoms with Crippen LogP contribution in [0.5, 0.6) is 0 Å². The number of aromatic nitrogens is 3. The van der Waals surface area contributed by atoms with E-state index in [4.69, 9.17) is 0 Å². The highest BCUT2D eigenvalue weighted by atomic mass is 32.1. The zero-order valence-corrected chi connectivity index (χ0v) is 14.7. The molecule has 0 radical (unpaired) electrons. The molecule has 24 heavy (non-hydrogen) atoms. The molecule has 6 nitrogen and oxygen atoms in total.